The summed E-state index contributed by atoms with van der Waals surface area (Å²) < 4.78 is 56.7. The maximum absolute atomic E-state index is 13.7. The van der Waals surface area contributed by atoms with Gasteiger partial charge in [-0.1, -0.05) is 6.92 Å². The Morgan fingerprint density at radius 3 is 2.43 bits per heavy atom. The molecule has 202 valence electrons. The van der Waals surface area contributed by atoms with E-state index in [0.29, 0.717) is 9.49 Å². The quantitative estimate of drug-likeness (QED) is 0.245. The molecule has 0 spiro atoms. The Labute approximate surface area is 227 Å². The first-order valence-corrected chi connectivity index (χ1v) is 13.0. The van der Waals surface area contributed by atoms with Gasteiger partial charge in [-0.15, -0.1) is 0 Å². The van der Waals surface area contributed by atoms with Crippen LogP contribution in [0.2, 0.25) is 0 Å². The summed E-state index contributed by atoms with van der Waals surface area (Å²) in [4.78, 5) is 31.8. The van der Waals surface area contributed by atoms with E-state index in [1.165, 1.54) is 43.5 Å². The highest BCUT2D eigenvalue weighted by atomic mass is 127. The van der Waals surface area contributed by atoms with Gasteiger partial charge < -0.3 is 19.1 Å². The molecule has 1 aromatic carbocycles. The molecule has 37 heavy (non-hydrogen) atoms. The van der Waals surface area contributed by atoms with Gasteiger partial charge in [-0.2, -0.15) is 13.2 Å². The van der Waals surface area contributed by atoms with Crippen LogP contribution in [0.3, 0.4) is 0 Å². The van der Waals surface area contributed by atoms with E-state index in [1.807, 2.05) is 6.92 Å². The highest BCUT2D eigenvalue weighted by Crippen LogP contribution is 2.39. The number of methoxy groups -OCH3 is 2. The largest absolute Gasteiger partial charge is 0.465 e. The molecule has 0 aliphatic heterocycles. The van der Waals surface area contributed by atoms with Gasteiger partial charge in [-0.3, -0.25) is 4.79 Å². The highest BCUT2D eigenvalue weighted by Gasteiger charge is 2.37. The van der Waals surface area contributed by atoms with Crippen molar-refractivity contribution >= 4 is 40.2 Å². The van der Waals surface area contributed by atoms with Crippen molar-refractivity contribution in [1.82, 2.24) is 4.98 Å². The van der Waals surface area contributed by atoms with Crippen molar-refractivity contribution in [2.45, 2.75) is 51.7 Å². The van der Waals surface area contributed by atoms with Gasteiger partial charge in [-0.05, 0) is 85.4 Å². The minimum Gasteiger partial charge on any atom is -0.465 e. The van der Waals surface area contributed by atoms with Gasteiger partial charge >= 0.3 is 12.1 Å². The number of amides is 1. The van der Waals surface area contributed by atoms with Gasteiger partial charge in [-0.25, -0.2) is 9.78 Å². The zero-order chi connectivity index (χ0) is 27.3. The summed E-state index contributed by atoms with van der Waals surface area (Å²) in [5.41, 5.74) is -0.779. The summed E-state index contributed by atoms with van der Waals surface area (Å²) in [7, 11) is 2.71. The number of hydrogen-bond donors (Lipinski definition) is 0. The van der Waals surface area contributed by atoms with Crippen molar-refractivity contribution in [3.8, 4) is 11.6 Å². The Morgan fingerprint density at radius 2 is 1.84 bits per heavy atom. The fourth-order valence-corrected chi connectivity index (χ4v) is 4.93. The number of aromatic nitrogens is 1. The lowest BCUT2D eigenvalue weighted by Gasteiger charge is -2.35. The minimum absolute atomic E-state index is 0.0143. The van der Waals surface area contributed by atoms with Crippen LogP contribution in [0.4, 0.5) is 18.9 Å². The molecule has 3 rings (SSSR count). The van der Waals surface area contributed by atoms with Crippen LogP contribution in [0, 0.1) is 15.4 Å². The van der Waals surface area contributed by atoms with Crippen molar-refractivity contribution in [2.24, 2.45) is 11.8 Å². The molecule has 0 saturated heterocycles. The van der Waals surface area contributed by atoms with Gasteiger partial charge in [0.15, 0.2) is 0 Å². The van der Waals surface area contributed by atoms with Crippen molar-refractivity contribution in [3.63, 3.8) is 0 Å². The van der Waals surface area contributed by atoms with Gasteiger partial charge in [0.05, 0.1) is 31.0 Å². The number of halogens is 4. The molecule has 0 bridgehead atoms. The van der Waals surface area contributed by atoms with E-state index in [9.17, 15) is 22.8 Å². The summed E-state index contributed by atoms with van der Waals surface area (Å²) in [6.07, 6.45) is -0.0923. The summed E-state index contributed by atoms with van der Waals surface area (Å²) in [6.45, 7) is 4.19. The molecule has 1 aromatic heterocycles. The molecule has 1 amide bonds. The topological polar surface area (TPSA) is 78.0 Å². The minimum atomic E-state index is -4.69. The predicted molar refractivity (Wildman–Crippen MR) is 140 cm³/mol. The first-order valence-electron chi connectivity index (χ1n) is 11.9. The number of esters is 1. The second-order valence-corrected chi connectivity index (χ2v) is 10.5. The molecule has 0 radical (unpaired) electrons. The standard InChI is InChI=1S/C26H30F3IN2O5/c1-15-5-7-17(8-6-15)24(33)32(16(2)14-35-3)22-10-9-19(12-20(22)25(34)36-4)37-23-21(26(27,28)29)11-18(30)13-31-23/h9-13,15-17H,5-8,14H2,1-4H3/t15?,16-,17?/m0/s1. The molecule has 7 nitrogen and oxygen atoms in total. The van der Waals surface area contributed by atoms with E-state index >= 15 is 0 Å². The van der Waals surface area contributed by atoms with E-state index in [0.717, 1.165) is 31.7 Å². The van der Waals surface area contributed by atoms with Crippen molar-refractivity contribution in [1.29, 1.82) is 0 Å². The number of alkyl halides is 3. The van der Waals surface area contributed by atoms with Crippen molar-refractivity contribution in [3.05, 3.63) is 45.2 Å². The second-order valence-electron chi connectivity index (χ2n) is 9.25. The van der Waals surface area contributed by atoms with Gasteiger partial charge in [0, 0.05) is 22.8 Å². The normalized spacial score (nSPS) is 18.7. The van der Waals surface area contributed by atoms with Crippen molar-refractivity contribution in [2.75, 3.05) is 25.7 Å². The maximum atomic E-state index is 13.7. The molecule has 1 heterocycles. The average molecular weight is 634 g/mol. The number of nitrogens with zero attached hydrogens (tertiary/aromatic N) is 2. The highest BCUT2D eigenvalue weighted by molar-refractivity contribution is 14.1. The monoisotopic (exact) mass is 634 g/mol. The molecular weight excluding hydrogens is 604 g/mol. The maximum Gasteiger partial charge on any atom is 0.421 e. The predicted octanol–water partition coefficient (Wildman–Crippen LogP) is 6.48. The van der Waals surface area contributed by atoms with Crippen LogP contribution in [0.1, 0.15) is 55.5 Å². The fraction of sp³-hybridized carbons (Fsp3) is 0.500. The van der Waals surface area contributed by atoms with Crippen LogP contribution < -0.4 is 9.64 Å². The number of rotatable bonds is 8. The zero-order valence-corrected chi connectivity index (χ0v) is 23.3. The first-order chi connectivity index (χ1) is 17.5. The third kappa shape index (κ3) is 7.13. The summed E-state index contributed by atoms with van der Waals surface area (Å²) in [5, 5.41) is 0. The molecule has 11 heteroatoms. The number of carbonyl (C=O) groups excluding carboxylic acids is 2. The molecule has 0 N–H and O–H groups in total. The van der Waals surface area contributed by atoms with Crippen LogP contribution in [0.5, 0.6) is 11.6 Å². The first kappa shape index (κ1) is 29.2. The Balaban J connectivity index is 2.04. The Bertz CT molecular complexity index is 1120. The van der Waals surface area contributed by atoms with E-state index in [2.05, 4.69) is 11.9 Å². The van der Waals surface area contributed by atoms with Gasteiger partial charge in [0.1, 0.15) is 11.3 Å². The van der Waals surface area contributed by atoms with Crippen LogP contribution in [-0.4, -0.2) is 43.7 Å². The van der Waals surface area contributed by atoms with Crippen LogP contribution in [-0.2, 0) is 20.4 Å². The number of ether oxygens (including phenoxy) is 3. The smallest absolute Gasteiger partial charge is 0.421 e. The lowest BCUT2D eigenvalue weighted by molar-refractivity contribution is -0.139. The molecule has 1 aliphatic carbocycles. The Kier molecular flexibility index (Phi) is 9.79. The van der Waals surface area contributed by atoms with Crippen molar-refractivity contribution < 1.29 is 37.0 Å². The third-order valence-corrected chi connectivity index (χ3v) is 7.01. The number of pyridine rings is 1. The lowest BCUT2D eigenvalue weighted by atomic mass is 9.82. The summed E-state index contributed by atoms with van der Waals surface area (Å²) in [6, 6.07) is 4.67. The van der Waals surface area contributed by atoms with Gasteiger partial charge in [0.25, 0.3) is 0 Å². The van der Waals surface area contributed by atoms with E-state index < -0.39 is 29.6 Å². The molecule has 0 unspecified atom stereocenters. The number of benzene rings is 1. The Hall–Kier alpha value is -2.41. The molecule has 1 fully saturated rings. The molecular formula is C26H30F3IN2O5. The summed E-state index contributed by atoms with van der Waals surface area (Å²) in [5.74, 6) is -1.24. The SMILES string of the molecule is COC[C@H](C)N(C(=O)C1CCC(C)CC1)c1ccc(Oc2ncc(I)cc2C(F)(F)F)cc1C(=O)OC. The zero-order valence-electron chi connectivity index (χ0n) is 21.1. The molecule has 1 aliphatic rings. The molecule has 1 saturated carbocycles. The second kappa shape index (κ2) is 12.4. The van der Waals surface area contributed by atoms with Gasteiger partial charge in [0.2, 0.25) is 11.8 Å². The summed E-state index contributed by atoms with van der Waals surface area (Å²) >= 11 is 1.73. The van der Waals surface area contributed by atoms with Crippen LogP contribution in [0.25, 0.3) is 0 Å². The van der Waals surface area contributed by atoms with E-state index in [1.54, 1.807) is 22.6 Å². The van der Waals surface area contributed by atoms with E-state index in [-0.39, 0.29) is 35.4 Å². The molecule has 2 aromatic rings. The number of hydrogen-bond acceptors (Lipinski definition) is 6. The average Bonchev–Trinajstić information content (AvgIpc) is 2.85. The lowest BCUT2D eigenvalue weighted by Crippen LogP contribution is -2.46. The fourth-order valence-electron chi connectivity index (χ4n) is 4.48. The van der Waals surface area contributed by atoms with E-state index in [4.69, 9.17) is 14.2 Å². The van der Waals surface area contributed by atoms with Crippen LogP contribution in [0.15, 0.2) is 30.5 Å². The number of anilines is 1. The Morgan fingerprint density at radius 1 is 1.16 bits per heavy atom. The molecule has 1 atom stereocenters. The van der Waals surface area contributed by atoms with Crippen LogP contribution >= 0.6 is 22.6 Å². The number of carbonyl (C=O) groups is 2. The third-order valence-electron chi connectivity index (χ3n) is 6.42.